The second kappa shape index (κ2) is 11.0. The Bertz CT molecular complexity index is 1310. The predicted molar refractivity (Wildman–Crippen MR) is 130 cm³/mol. The highest BCUT2D eigenvalue weighted by Gasteiger charge is 2.26. The molecule has 7 nitrogen and oxygen atoms in total. The molecule has 0 unspecified atom stereocenters. The van der Waals surface area contributed by atoms with E-state index in [2.05, 4.69) is 6.58 Å². The molecular weight excluding hydrogens is 478 g/mol. The maximum absolute atomic E-state index is 13.3. The number of carbonyl (C=O) groups excluding carboxylic acids is 2. The predicted octanol–water partition coefficient (Wildman–Crippen LogP) is 4.77. The monoisotopic (exact) mass is 499 g/mol. The number of Topliss-reactive ketones (excluding diaryl/α,β-unsaturated/α-hetero) is 1. The third kappa shape index (κ3) is 5.65. The molecule has 0 aromatic heterocycles. The van der Waals surface area contributed by atoms with Crippen LogP contribution in [0, 0.1) is 0 Å². The third-order valence-electron chi connectivity index (χ3n) is 4.81. The van der Waals surface area contributed by atoms with E-state index in [9.17, 15) is 18.0 Å². The number of esters is 1. The van der Waals surface area contributed by atoms with Crippen molar-refractivity contribution in [3.63, 3.8) is 0 Å². The Hall–Kier alpha value is -3.62. The molecule has 0 aliphatic rings. The number of para-hydroxylation sites is 1. The molecule has 3 aromatic rings. The van der Waals surface area contributed by atoms with Gasteiger partial charge in [-0.1, -0.05) is 48.0 Å². The molecule has 0 atom stereocenters. The average Bonchev–Trinajstić information content (AvgIpc) is 2.86. The molecule has 0 spiro atoms. The summed E-state index contributed by atoms with van der Waals surface area (Å²) in [6.07, 6.45) is 1.46. The van der Waals surface area contributed by atoms with E-state index < -0.39 is 28.4 Å². The van der Waals surface area contributed by atoms with E-state index in [1.165, 1.54) is 31.4 Å². The summed E-state index contributed by atoms with van der Waals surface area (Å²) in [5.74, 6) is -0.887. The maximum Gasteiger partial charge on any atom is 0.340 e. The average molecular weight is 500 g/mol. The standard InChI is InChI=1S/C25H22ClNO6S/c1-3-14-27(19-9-5-4-6-10-19)34(30,31)21-12-13-23(26)22(16-21)25(29)33-17-24(28)18-8-7-11-20(15-18)32-2/h3-13,15-16H,1,14,17H2,2H3. The summed E-state index contributed by atoms with van der Waals surface area (Å²) in [6.45, 7) is 3.10. The number of anilines is 1. The van der Waals surface area contributed by atoms with Crippen molar-refractivity contribution >= 4 is 39.1 Å². The minimum absolute atomic E-state index is 0.00670. The molecule has 3 rings (SSSR count). The summed E-state index contributed by atoms with van der Waals surface area (Å²) >= 11 is 6.14. The van der Waals surface area contributed by atoms with Gasteiger partial charge in [-0.3, -0.25) is 9.10 Å². The van der Waals surface area contributed by atoms with Gasteiger partial charge in [0, 0.05) is 5.56 Å². The first kappa shape index (κ1) is 25.0. The van der Waals surface area contributed by atoms with Crippen LogP contribution < -0.4 is 9.04 Å². The fourth-order valence-electron chi connectivity index (χ4n) is 3.09. The highest BCUT2D eigenvalue weighted by molar-refractivity contribution is 7.92. The molecule has 0 heterocycles. The lowest BCUT2D eigenvalue weighted by molar-refractivity contribution is 0.0474. The number of nitrogens with zero attached hydrogens (tertiary/aromatic N) is 1. The molecule has 0 aliphatic carbocycles. The Morgan fingerprint density at radius 2 is 1.76 bits per heavy atom. The number of carbonyl (C=O) groups is 2. The van der Waals surface area contributed by atoms with E-state index in [1.54, 1.807) is 48.5 Å². The smallest absolute Gasteiger partial charge is 0.340 e. The topological polar surface area (TPSA) is 90.0 Å². The number of rotatable bonds is 10. The molecule has 9 heteroatoms. The summed E-state index contributed by atoms with van der Waals surface area (Å²) in [7, 11) is -2.58. The van der Waals surface area contributed by atoms with Crippen molar-refractivity contribution < 1.29 is 27.5 Å². The molecule has 0 N–H and O–H groups in total. The van der Waals surface area contributed by atoms with E-state index in [1.807, 2.05) is 0 Å². The molecule has 0 fully saturated rings. The van der Waals surface area contributed by atoms with Crippen molar-refractivity contribution in [2.75, 3.05) is 24.6 Å². The first-order chi connectivity index (χ1) is 16.3. The zero-order valence-corrected chi connectivity index (χ0v) is 19.9. The van der Waals surface area contributed by atoms with Gasteiger partial charge >= 0.3 is 5.97 Å². The van der Waals surface area contributed by atoms with Crippen LogP contribution in [0.1, 0.15) is 20.7 Å². The number of methoxy groups -OCH3 is 1. The van der Waals surface area contributed by atoms with Crippen LogP contribution in [0.15, 0.2) is 90.3 Å². The van der Waals surface area contributed by atoms with Gasteiger partial charge in [0.1, 0.15) is 5.75 Å². The Kier molecular flexibility index (Phi) is 8.09. The number of ether oxygens (including phenoxy) is 2. The number of hydrogen-bond acceptors (Lipinski definition) is 6. The van der Waals surface area contributed by atoms with Crippen molar-refractivity contribution in [3.8, 4) is 5.75 Å². The molecule has 0 bridgehead atoms. The van der Waals surface area contributed by atoms with Crippen LogP contribution in [0.4, 0.5) is 5.69 Å². The Balaban J connectivity index is 1.84. The summed E-state index contributed by atoms with van der Waals surface area (Å²) in [5.41, 5.74) is 0.565. The molecule has 34 heavy (non-hydrogen) atoms. The van der Waals surface area contributed by atoms with Gasteiger partial charge in [-0.25, -0.2) is 13.2 Å². The largest absolute Gasteiger partial charge is 0.497 e. The van der Waals surface area contributed by atoms with Crippen molar-refractivity contribution in [2.45, 2.75) is 4.90 Å². The quantitative estimate of drug-likeness (QED) is 0.227. The SMILES string of the molecule is C=CCN(c1ccccc1)S(=O)(=O)c1ccc(Cl)c(C(=O)OCC(=O)c2cccc(OC)c2)c1. The summed E-state index contributed by atoms with van der Waals surface area (Å²) < 4.78 is 38.0. The zero-order chi connectivity index (χ0) is 24.7. The lowest BCUT2D eigenvalue weighted by Gasteiger charge is -2.23. The van der Waals surface area contributed by atoms with E-state index >= 15 is 0 Å². The van der Waals surface area contributed by atoms with E-state index in [-0.39, 0.29) is 22.0 Å². The van der Waals surface area contributed by atoms with Crippen LogP contribution >= 0.6 is 11.6 Å². The van der Waals surface area contributed by atoms with Crippen LogP contribution in [0.25, 0.3) is 0 Å². The molecule has 3 aromatic carbocycles. The van der Waals surface area contributed by atoms with E-state index in [0.29, 0.717) is 17.0 Å². The maximum atomic E-state index is 13.3. The molecule has 0 saturated heterocycles. The number of halogens is 1. The molecule has 0 saturated carbocycles. The van der Waals surface area contributed by atoms with E-state index in [0.717, 1.165) is 10.4 Å². The van der Waals surface area contributed by atoms with Gasteiger partial charge in [0.2, 0.25) is 0 Å². The van der Waals surface area contributed by atoms with Crippen molar-refractivity contribution in [1.29, 1.82) is 0 Å². The molecule has 176 valence electrons. The number of hydrogen-bond donors (Lipinski definition) is 0. The van der Waals surface area contributed by atoms with Gasteiger partial charge < -0.3 is 9.47 Å². The van der Waals surface area contributed by atoms with Crippen molar-refractivity contribution in [2.24, 2.45) is 0 Å². The lowest BCUT2D eigenvalue weighted by atomic mass is 10.1. The Labute approximate surface area is 203 Å². The van der Waals surface area contributed by atoms with Crippen LogP contribution in [0.5, 0.6) is 5.75 Å². The zero-order valence-electron chi connectivity index (χ0n) is 18.3. The normalized spacial score (nSPS) is 10.9. The molecule has 0 amide bonds. The minimum atomic E-state index is -4.06. The highest BCUT2D eigenvalue weighted by Crippen LogP contribution is 2.27. The number of sulfonamides is 1. The fraction of sp³-hybridized carbons (Fsp3) is 0.120. The minimum Gasteiger partial charge on any atom is -0.497 e. The van der Waals surface area contributed by atoms with Crippen LogP contribution in [0.2, 0.25) is 5.02 Å². The van der Waals surface area contributed by atoms with Crippen molar-refractivity contribution in [3.05, 3.63) is 102 Å². The first-order valence-corrected chi connectivity index (χ1v) is 11.9. The summed E-state index contributed by atoms with van der Waals surface area (Å²) in [6, 6.07) is 18.6. The fourth-order valence-corrected chi connectivity index (χ4v) is 4.75. The van der Waals surface area contributed by atoms with Crippen molar-refractivity contribution in [1.82, 2.24) is 0 Å². The Morgan fingerprint density at radius 3 is 2.44 bits per heavy atom. The third-order valence-corrected chi connectivity index (χ3v) is 6.93. The van der Waals surface area contributed by atoms with Gasteiger partial charge in [0.25, 0.3) is 10.0 Å². The number of ketones is 1. The first-order valence-electron chi connectivity index (χ1n) is 10.1. The second-order valence-corrected chi connectivity index (χ2v) is 9.30. The van der Waals surface area contributed by atoms with Gasteiger partial charge in [-0.05, 0) is 42.5 Å². The number of benzene rings is 3. The van der Waals surface area contributed by atoms with Gasteiger partial charge in [-0.2, -0.15) is 0 Å². The summed E-state index contributed by atoms with van der Waals surface area (Å²) in [5, 5.41) is -0.00670. The van der Waals surface area contributed by atoms with Crippen LogP contribution in [-0.2, 0) is 14.8 Å². The van der Waals surface area contributed by atoms with Gasteiger partial charge in [0.15, 0.2) is 12.4 Å². The van der Waals surface area contributed by atoms with Gasteiger partial charge in [-0.15, -0.1) is 6.58 Å². The molecular formula is C25H22ClNO6S. The second-order valence-electron chi connectivity index (χ2n) is 7.03. The van der Waals surface area contributed by atoms with Crippen LogP contribution in [-0.4, -0.2) is 40.4 Å². The molecule has 0 radical (unpaired) electrons. The Morgan fingerprint density at radius 1 is 1.03 bits per heavy atom. The van der Waals surface area contributed by atoms with Crippen LogP contribution in [0.3, 0.4) is 0 Å². The lowest BCUT2D eigenvalue weighted by Crippen LogP contribution is -2.31. The highest BCUT2D eigenvalue weighted by atomic mass is 35.5. The van der Waals surface area contributed by atoms with E-state index in [4.69, 9.17) is 21.1 Å². The molecule has 0 aliphatic heterocycles. The summed E-state index contributed by atoms with van der Waals surface area (Å²) in [4.78, 5) is 24.9. The van der Waals surface area contributed by atoms with Gasteiger partial charge in [0.05, 0.1) is 34.8 Å².